The van der Waals surface area contributed by atoms with E-state index in [1.54, 1.807) is 17.5 Å². The van der Waals surface area contributed by atoms with Gasteiger partial charge in [0.25, 0.3) is 5.91 Å². The number of nitrogens with zero attached hydrogens (tertiary/aromatic N) is 2. The zero-order valence-corrected chi connectivity index (χ0v) is 16.8. The van der Waals surface area contributed by atoms with E-state index in [-0.39, 0.29) is 24.4 Å². The van der Waals surface area contributed by atoms with Gasteiger partial charge in [-0.05, 0) is 79.5 Å². The van der Waals surface area contributed by atoms with Crippen LogP contribution in [0.3, 0.4) is 0 Å². The molecule has 1 fully saturated rings. The van der Waals surface area contributed by atoms with E-state index in [1.807, 2.05) is 35.2 Å². The SMILES string of the molecule is Cl.O=C(c1ccc2sccc2c1)N(Cc1ccccn1)C1CCCNCC1. The van der Waals surface area contributed by atoms with Gasteiger partial charge in [-0.1, -0.05) is 6.07 Å². The monoisotopic (exact) mass is 401 g/mol. The molecule has 0 aliphatic carbocycles. The predicted octanol–water partition coefficient (Wildman–Crippen LogP) is 4.50. The number of carbonyl (C=O) groups excluding carboxylic acids is 1. The molecule has 3 aromatic rings. The summed E-state index contributed by atoms with van der Waals surface area (Å²) in [5.74, 6) is 0.107. The van der Waals surface area contributed by atoms with Crippen molar-refractivity contribution in [3.63, 3.8) is 0 Å². The second-order valence-electron chi connectivity index (χ2n) is 6.76. The summed E-state index contributed by atoms with van der Waals surface area (Å²) in [7, 11) is 0. The molecule has 4 rings (SSSR count). The molecule has 1 unspecified atom stereocenters. The third-order valence-corrected chi connectivity index (χ3v) is 5.90. The topological polar surface area (TPSA) is 45.2 Å². The number of fused-ring (bicyclic) bond motifs is 1. The molecule has 1 N–H and O–H groups in total. The lowest BCUT2D eigenvalue weighted by Gasteiger charge is -2.31. The Hall–Kier alpha value is -1.95. The predicted molar refractivity (Wildman–Crippen MR) is 114 cm³/mol. The van der Waals surface area contributed by atoms with Crippen LogP contribution in [0, 0.1) is 0 Å². The van der Waals surface area contributed by atoms with E-state index in [1.165, 1.54) is 4.70 Å². The maximum absolute atomic E-state index is 13.4. The van der Waals surface area contributed by atoms with Gasteiger partial charge in [-0.25, -0.2) is 0 Å². The molecule has 1 aliphatic rings. The molecule has 0 spiro atoms. The molecule has 0 saturated carbocycles. The van der Waals surface area contributed by atoms with E-state index in [0.29, 0.717) is 6.54 Å². The van der Waals surface area contributed by atoms with Gasteiger partial charge < -0.3 is 10.2 Å². The molecule has 1 aliphatic heterocycles. The number of rotatable bonds is 4. The van der Waals surface area contributed by atoms with E-state index in [0.717, 1.165) is 49.0 Å². The number of amides is 1. The minimum Gasteiger partial charge on any atom is -0.330 e. The van der Waals surface area contributed by atoms with Gasteiger partial charge in [0.2, 0.25) is 0 Å². The number of benzene rings is 1. The van der Waals surface area contributed by atoms with Gasteiger partial charge in [-0.15, -0.1) is 23.7 Å². The average molecular weight is 402 g/mol. The van der Waals surface area contributed by atoms with Crippen LogP contribution in [0.1, 0.15) is 35.3 Å². The number of carbonyl (C=O) groups is 1. The van der Waals surface area contributed by atoms with Crippen LogP contribution in [0.15, 0.2) is 54.0 Å². The maximum atomic E-state index is 13.4. The van der Waals surface area contributed by atoms with Gasteiger partial charge in [-0.3, -0.25) is 9.78 Å². The van der Waals surface area contributed by atoms with Crippen LogP contribution in [-0.2, 0) is 6.54 Å². The van der Waals surface area contributed by atoms with Crippen molar-refractivity contribution < 1.29 is 4.79 Å². The van der Waals surface area contributed by atoms with Gasteiger partial charge >= 0.3 is 0 Å². The fourth-order valence-electron chi connectivity index (χ4n) is 3.61. The van der Waals surface area contributed by atoms with Crippen molar-refractivity contribution in [3.05, 3.63) is 65.3 Å². The lowest BCUT2D eigenvalue weighted by Crippen LogP contribution is -2.40. The minimum absolute atomic E-state index is 0. The molecule has 1 atom stereocenters. The molecule has 4 nitrogen and oxygen atoms in total. The lowest BCUT2D eigenvalue weighted by molar-refractivity contribution is 0.0642. The van der Waals surface area contributed by atoms with Crippen LogP contribution >= 0.6 is 23.7 Å². The van der Waals surface area contributed by atoms with Crippen molar-refractivity contribution in [2.75, 3.05) is 13.1 Å². The van der Waals surface area contributed by atoms with Crippen LogP contribution in [0.25, 0.3) is 10.1 Å². The molecule has 6 heteroatoms. The van der Waals surface area contributed by atoms with E-state index < -0.39 is 0 Å². The smallest absolute Gasteiger partial charge is 0.254 e. The first-order chi connectivity index (χ1) is 12.8. The van der Waals surface area contributed by atoms with Crippen LogP contribution in [0.2, 0.25) is 0 Å². The Balaban J connectivity index is 0.00000210. The molecule has 1 amide bonds. The van der Waals surface area contributed by atoms with Crippen LogP contribution < -0.4 is 5.32 Å². The zero-order valence-electron chi connectivity index (χ0n) is 15.1. The van der Waals surface area contributed by atoms with Gasteiger partial charge in [0.05, 0.1) is 12.2 Å². The molecular weight excluding hydrogens is 378 g/mol. The first-order valence-electron chi connectivity index (χ1n) is 9.20. The first kappa shape index (κ1) is 19.8. The van der Waals surface area contributed by atoms with Gasteiger partial charge in [0, 0.05) is 22.5 Å². The normalized spacial score (nSPS) is 17.1. The van der Waals surface area contributed by atoms with Crippen LogP contribution in [0.5, 0.6) is 0 Å². The summed E-state index contributed by atoms with van der Waals surface area (Å²) in [5, 5.41) is 6.65. The Labute approximate surface area is 170 Å². The second-order valence-corrected chi connectivity index (χ2v) is 7.71. The molecule has 0 bridgehead atoms. The quantitative estimate of drug-likeness (QED) is 0.699. The highest BCUT2D eigenvalue weighted by atomic mass is 35.5. The molecule has 1 aromatic carbocycles. The third kappa shape index (κ3) is 4.67. The summed E-state index contributed by atoms with van der Waals surface area (Å²) in [6, 6.07) is 14.3. The standard InChI is InChI=1S/C21H23N3OS.ClH/c25-21(17-6-7-20-16(14-17)9-13-26-20)24(15-18-4-1-2-11-23-18)19-5-3-10-22-12-8-19;/h1-2,4,6-7,9,11,13-14,19,22H,3,5,8,10,12,15H2;1H. The van der Waals surface area contributed by atoms with Crippen molar-refractivity contribution >= 4 is 39.7 Å². The van der Waals surface area contributed by atoms with Crippen LogP contribution in [0.4, 0.5) is 0 Å². The number of hydrogen-bond donors (Lipinski definition) is 1. The van der Waals surface area contributed by atoms with Gasteiger partial charge in [-0.2, -0.15) is 0 Å². The summed E-state index contributed by atoms with van der Waals surface area (Å²) >= 11 is 1.71. The maximum Gasteiger partial charge on any atom is 0.254 e. The van der Waals surface area contributed by atoms with Crippen LogP contribution in [-0.4, -0.2) is 34.9 Å². The Bertz CT molecular complexity index is 875. The largest absolute Gasteiger partial charge is 0.330 e. The first-order valence-corrected chi connectivity index (χ1v) is 10.1. The highest BCUT2D eigenvalue weighted by Crippen LogP contribution is 2.24. The highest BCUT2D eigenvalue weighted by molar-refractivity contribution is 7.17. The van der Waals surface area contributed by atoms with Crippen molar-refractivity contribution in [2.24, 2.45) is 0 Å². The zero-order chi connectivity index (χ0) is 17.8. The van der Waals surface area contributed by atoms with E-state index >= 15 is 0 Å². The van der Waals surface area contributed by atoms with Crippen molar-refractivity contribution in [3.8, 4) is 0 Å². The molecule has 2 aromatic heterocycles. The Kier molecular flexibility index (Phi) is 6.83. The van der Waals surface area contributed by atoms with Crippen molar-refractivity contribution in [1.82, 2.24) is 15.2 Å². The van der Waals surface area contributed by atoms with E-state index in [2.05, 4.69) is 27.8 Å². The summed E-state index contributed by atoms with van der Waals surface area (Å²) in [5.41, 5.74) is 1.71. The third-order valence-electron chi connectivity index (χ3n) is 5.00. The Morgan fingerprint density at radius 1 is 1.19 bits per heavy atom. The number of nitrogens with one attached hydrogen (secondary N) is 1. The fourth-order valence-corrected chi connectivity index (χ4v) is 4.38. The fraction of sp³-hybridized carbons (Fsp3) is 0.333. The molecular formula is C21H24ClN3OS. The summed E-state index contributed by atoms with van der Waals surface area (Å²) in [6.45, 7) is 2.55. The molecule has 27 heavy (non-hydrogen) atoms. The van der Waals surface area contributed by atoms with Gasteiger partial charge in [0.1, 0.15) is 0 Å². The summed E-state index contributed by atoms with van der Waals surface area (Å²) < 4.78 is 1.22. The number of pyridine rings is 1. The number of thiophene rings is 1. The van der Waals surface area contributed by atoms with E-state index in [4.69, 9.17) is 0 Å². The molecule has 3 heterocycles. The van der Waals surface area contributed by atoms with Gasteiger partial charge in [0.15, 0.2) is 0 Å². The number of aromatic nitrogens is 1. The van der Waals surface area contributed by atoms with Crippen molar-refractivity contribution in [1.29, 1.82) is 0 Å². The number of hydrogen-bond acceptors (Lipinski definition) is 4. The Morgan fingerprint density at radius 2 is 2.11 bits per heavy atom. The highest BCUT2D eigenvalue weighted by Gasteiger charge is 2.26. The number of halogens is 1. The molecule has 1 saturated heterocycles. The Morgan fingerprint density at radius 3 is 2.96 bits per heavy atom. The average Bonchev–Trinajstić information content (AvgIpc) is 2.99. The molecule has 0 radical (unpaired) electrons. The van der Waals surface area contributed by atoms with Crippen molar-refractivity contribution in [2.45, 2.75) is 31.8 Å². The lowest BCUT2D eigenvalue weighted by atomic mass is 10.0. The second kappa shape index (κ2) is 9.31. The van der Waals surface area contributed by atoms with E-state index in [9.17, 15) is 4.79 Å². The summed E-state index contributed by atoms with van der Waals surface area (Å²) in [4.78, 5) is 19.9. The molecule has 142 valence electrons. The summed E-state index contributed by atoms with van der Waals surface area (Å²) in [6.07, 6.45) is 4.91. The minimum atomic E-state index is 0.